The maximum absolute atomic E-state index is 6.55. The summed E-state index contributed by atoms with van der Waals surface area (Å²) in [6.07, 6.45) is 3.89. The highest BCUT2D eigenvalue weighted by atomic mass is 16.5. The molecule has 9 nitrogen and oxygen atoms in total. The molecule has 0 spiro atoms. The van der Waals surface area contributed by atoms with E-state index in [2.05, 4.69) is 70.3 Å². The van der Waals surface area contributed by atoms with Gasteiger partial charge in [-0.15, -0.1) is 10.2 Å². The third-order valence-electron chi connectivity index (χ3n) is 6.45. The molecule has 2 unspecified atom stereocenters. The molecular weight excluding hydrogens is 444 g/mol. The molecule has 0 aromatic carbocycles. The minimum Gasteiger partial charge on any atom is -0.475 e. The molecule has 0 N–H and O–H groups in total. The van der Waals surface area contributed by atoms with Gasteiger partial charge in [-0.25, -0.2) is 0 Å². The first-order chi connectivity index (χ1) is 16.5. The SMILES string of the molecule is CCN(CC)CC(Oc1ccn(C(C)(C)C)n1)C1COCCN1CCOc1ccn(C(C)(C)C)n1. The molecule has 2 aromatic rings. The van der Waals surface area contributed by atoms with E-state index in [4.69, 9.17) is 19.3 Å². The summed E-state index contributed by atoms with van der Waals surface area (Å²) >= 11 is 0. The second kappa shape index (κ2) is 11.8. The van der Waals surface area contributed by atoms with E-state index in [9.17, 15) is 0 Å². The zero-order valence-electron chi connectivity index (χ0n) is 23.0. The molecule has 1 aliphatic rings. The van der Waals surface area contributed by atoms with Crippen LogP contribution in [0, 0.1) is 0 Å². The van der Waals surface area contributed by atoms with E-state index in [1.807, 2.05) is 33.9 Å². The number of rotatable bonds is 11. The Balaban J connectivity index is 1.69. The molecule has 1 aliphatic heterocycles. The van der Waals surface area contributed by atoms with Crippen molar-refractivity contribution in [3.05, 3.63) is 24.5 Å². The van der Waals surface area contributed by atoms with Crippen molar-refractivity contribution in [1.82, 2.24) is 29.4 Å². The highest BCUT2D eigenvalue weighted by molar-refractivity contribution is 5.09. The molecule has 2 aromatic heterocycles. The lowest BCUT2D eigenvalue weighted by atomic mass is 10.1. The zero-order chi connectivity index (χ0) is 25.6. The average Bonchev–Trinajstić information content (AvgIpc) is 3.47. The van der Waals surface area contributed by atoms with Gasteiger partial charge >= 0.3 is 0 Å². The van der Waals surface area contributed by atoms with Crippen LogP contribution in [0.3, 0.4) is 0 Å². The summed E-state index contributed by atoms with van der Waals surface area (Å²) in [5.41, 5.74) is -0.154. The number of ether oxygens (including phenoxy) is 3. The Morgan fingerprint density at radius 1 is 1.00 bits per heavy atom. The molecule has 0 amide bonds. The molecule has 3 heterocycles. The molecule has 2 atom stereocenters. The predicted molar refractivity (Wildman–Crippen MR) is 138 cm³/mol. The van der Waals surface area contributed by atoms with Crippen molar-refractivity contribution >= 4 is 0 Å². The van der Waals surface area contributed by atoms with Crippen molar-refractivity contribution in [3.8, 4) is 11.8 Å². The number of hydrogen-bond donors (Lipinski definition) is 0. The summed E-state index contributed by atoms with van der Waals surface area (Å²) in [6, 6.07) is 4.00. The van der Waals surface area contributed by atoms with Gasteiger partial charge in [-0.05, 0) is 54.6 Å². The van der Waals surface area contributed by atoms with E-state index in [-0.39, 0.29) is 23.2 Å². The lowest BCUT2D eigenvalue weighted by Gasteiger charge is -2.40. The smallest absolute Gasteiger partial charge is 0.233 e. The Hall–Kier alpha value is -2.10. The van der Waals surface area contributed by atoms with E-state index in [0.29, 0.717) is 31.6 Å². The van der Waals surface area contributed by atoms with E-state index in [1.165, 1.54) is 0 Å². The van der Waals surface area contributed by atoms with Crippen LogP contribution in [-0.4, -0.2) is 94.1 Å². The maximum Gasteiger partial charge on any atom is 0.233 e. The third kappa shape index (κ3) is 7.69. The van der Waals surface area contributed by atoms with Crippen molar-refractivity contribution in [2.45, 2.75) is 78.6 Å². The van der Waals surface area contributed by atoms with Gasteiger partial charge < -0.3 is 19.1 Å². The van der Waals surface area contributed by atoms with E-state index in [0.717, 1.165) is 32.7 Å². The van der Waals surface area contributed by atoms with Gasteiger partial charge in [0.05, 0.1) is 30.3 Å². The van der Waals surface area contributed by atoms with Gasteiger partial charge in [-0.1, -0.05) is 13.8 Å². The Morgan fingerprint density at radius 2 is 1.60 bits per heavy atom. The number of aromatic nitrogens is 4. The van der Waals surface area contributed by atoms with Crippen molar-refractivity contribution in [3.63, 3.8) is 0 Å². The standard InChI is InChI=1S/C26H46N6O3/c1-9-29(10-2)19-22(35-24-12-14-32(28-24)26(6,7)8)21-20-33-17-15-30(21)16-18-34-23-11-13-31(27-23)25(3,4)5/h11-14,21-22H,9-10,15-20H2,1-8H3. The van der Waals surface area contributed by atoms with E-state index in [1.54, 1.807) is 0 Å². The van der Waals surface area contributed by atoms with Crippen LogP contribution < -0.4 is 9.47 Å². The number of morpholine rings is 1. The van der Waals surface area contributed by atoms with Gasteiger partial charge in [0.2, 0.25) is 11.8 Å². The van der Waals surface area contributed by atoms with Crippen molar-refractivity contribution in [2.75, 3.05) is 52.5 Å². The summed E-state index contributed by atoms with van der Waals surface area (Å²) in [5.74, 6) is 1.32. The first-order valence-electron chi connectivity index (χ1n) is 13.0. The van der Waals surface area contributed by atoms with Crippen LogP contribution in [0.4, 0.5) is 0 Å². The monoisotopic (exact) mass is 490 g/mol. The summed E-state index contributed by atoms with van der Waals surface area (Å²) in [7, 11) is 0. The summed E-state index contributed by atoms with van der Waals surface area (Å²) in [4.78, 5) is 4.83. The lowest BCUT2D eigenvalue weighted by molar-refractivity contribution is -0.0619. The molecule has 3 rings (SSSR count). The van der Waals surface area contributed by atoms with Gasteiger partial charge in [-0.2, -0.15) is 0 Å². The molecule has 9 heteroatoms. The number of likely N-dealkylation sites (N-methyl/N-ethyl adjacent to an activating group) is 1. The van der Waals surface area contributed by atoms with E-state index < -0.39 is 0 Å². The van der Waals surface area contributed by atoms with E-state index >= 15 is 0 Å². The first-order valence-corrected chi connectivity index (χ1v) is 13.0. The average molecular weight is 491 g/mol. The lowest BCUT2D eigenvalue weighted by Crippen LogP contribution is -2.57. The van der Waals surface area contributed by atoms with Gasteiger partial charge in [0.1, 0.15) is 12.7 Å². The van der Waals surface area contributed by atoms with Gasteiger partial charge in [0.25, 0.3) is 0 Å². The second-order valence-electron chi connectivity index (χ2n) is 11.2. The summed E-state index contributed by atoms with van der Waals surface area (Å²) in [5, 5.41) is 9.27. The van der Waals surface area contributed by atoms with Crippen LogP contribution in [0.5, 0.6) is 11.8 Å². The quantitative estimate of drug-likeness (QED) is 0.478. The van der Waals surface area contributed by atoms with Gasteiger partial charge in [-0.3, -0.25) is 14.3 Å². The molecule has 0 radical (unpaired) electrons. The maximum atomic E-state index is 6.55. The summed E-state index contributed by atoms with van der Waals surface area (Å²) < 4.78 is 22.4. The molecule has 0 aliphatic carbocycles. The predicted octanol–water partition coefficient (Wildman–Crippen LogP) is 3.46. The topological polar surface area (TPSA) is 69.8 Å². The third-order valence-corrected chi connectivity index (χ3v) is 6.45. The van der Waals surface area contributed by atoms with Crippen LogP contribution >= 0.6 is 0 Å². The Labute approximate surface area is 211 Å². The van der Waals surface area contributed by atoms with Crippen LogP contribution in [0.2, 0.25) is 0 Å². The first kappa shape index (κ1) is 27.5. The molecule has 198 valence electrons. The van der Waals surface area contributed by atoms with Crippen molar-refractivity contribution in [2.24, 2.45) is 0 Å². The van der Waals surface area contributed by atoms with Gasteiger partial charge in [0, 0.05) is 44.2 Å². The molecule has 1 saturated heterocycles. The summed E-state index contributed by atoms with van der Waals surface area (Å²) in [6.45, 7) is 23.5. The van der Waals surface area contributed by atoms with Crippen LogP contribution in [0.15, 0.2) is 24.5 Å². The number of hydrogen-bond acceptors (Lipinski definition) is 7. The van der Waals surface area contributed by atoms with Gasteiger partial charge in [0.15, 0.2) is 0 Å². The Kier molecular flexibility index (Phi) is 9.23. The fourth-order valence-electron chi connectivity index (χ4n) is 4.18. The fraction of sp³-hybridized carbons (Fsp3) is 0.769. The van der Waals surface area contributed by atoms with Crippen molar-refractivity contribution in [1.29, 1.82) is 0 Å². The van der Waals surface area contributed by atoms with Crippen molar-refractivity contribution < 1.29 is 14.2 Å². The van der Waals surface area contributed by atoms with Crippen LogP contribution in [0.1, 0.15) is 55.4 Å². The normalized spacial score (nSPS) is 18.7. The Morgan fingerprint density at radius 3 is 2.17 bits per heavy atom. The molecular formula is C26H46N6O3. The Bertz CT molecular complexity index is 894. The van der Waals surface area contributed by atoms with Crippen LogP contribution in [0.25, 0.3) is 0 Å². The highest BCUT2D eigenvalue weighted by Gasteiger charge is 2.34. The minimum atomic E-state index is -0.0900. The largest absolute Gasteiger partial charge is 0.475 e. The number of nitrogens with zero attached hydrogens (tertiary/aromatic N) is 6. The molecule has 0 bridgehead atoms. The second-order valence-corrected chi connectivity index (χ2v) is 11.2. The molecule has 35 heavy (non-hydrogen) atoms. The van der Waals surface area contributed by atoms with Crippen LogP contribution in [-0.2, 0) is 15.8 Å². The molecule has 0 saturated carbocycles. The zero-order valence-corrected chi connectivity index (χ0v) is 23.0. The fourth-order valence-corrected chi connectivity index (χ4v) is 4.18. The highest BCUT2D eigenvalue weighted by Crippen LogP contribution is 2.21. The molecule has 1 fully saturated rings. The minimum absolute atomic E-state index is 0.0636.